The van der Waals surface area contributed by atoms with Crippen LogP contribution in [-0.4, -0.2) is 52.1 Å². The molecule has 2 bridgehead atoms. The minimum atomic E-state index is -0.772. The summed E-state index contributed by atoms with van der Waals surface area (Å²) in [6, 6.07) is -0.0919. The molecule has 5 nitrogen and oxygen atoms in total. The van der Waals surface area contributed by atoms with Crippen LogP contribution in [0.1, 0.15) is 19.3 Å². The van der Waals surface area contributed by atoms with Crippen molar-refractivity contribution < 1.29 is 14.7 Å². The Morgan fingerprint density at radius 2 is 2.26 bits per heavy atom. The van der Waals surface area contributed by atoms with Crippen LogP contribution in [0.15, 0.2) is 12.7 Å². The van der Waals surface area contributed by atoms with Gasteiger partial charge in [-0.3, -0.25) is 4.79 Å². The minimum Gasteiger partial charge on any atom is -0.481 e. The summed E-state index contributed by atoms with van der Waals surface area (Å²) in [5, 5.41) is 12.0. The summed E-state index contributed by atoms with van der Waals surface area (Å²) in [7, 11) is 0. The Labute approximate surface area is 117 Å². The van der Waals surface area contributed by atoms with E-state index in [1.54, 1.807) is 16.7 Å². The number of amides is 2. The van der Waals surface area contributed by atoms with E-state index in [1.807, 2.05) is 6.08 Å². The van der Waals surface area contributed by atoms with Gasteiger partial charge in [-0.15, -0.1) is 6.58 Å². The predicted molar refractivity (Wildman–Crippen MR) is 75.3 cm³/mol. The molecule has 2 heterocycles. The standard InChI is InChI=1S/C13H20N2O3S/c1-2-6-19-7-5-14-13(18)15-9-3-4-11(15)10(8-9)12(16)17/h2,9-11H,1,3-8H2,(H,14,18)(H,16,17). The highest BCUT2D eigenvalue weighted by atomic mass is 32.2. The summed E-state index contributed by atoms with van der Waals surface area (Å²) in [5.41, 5.74) is 0. The zero-order chi connectivity index (χ0) is 13.8. The number of thioether (sulfide) groups is 1. The summed E-state index contributed by atoms with van der Waals surface area (Å²) < 4.78 is 0. The molecule has 0 aromatic rings. The number of hydrogen-bond donors (Lipinski definition) is 2. The maximum Gasteiger partial charge on any atom is 0.317 e. The van der Waals surface area contributed by atoms with Crippen molar-refractivity contribution in [3.05, 3.63) is 12.7 Å². The van der Waals surface area contributed by atoms with Crippen molar-refractivity contribution in [3.8, 4) is 0 Å². The summed E-state index contributed by atoms with van der Waals surface area (Å²) in [4.78, 5) is 25.0. The first-order valence-electron chi connectivity index (χ1n) is 6.62. The number of hydrogen-bond acceptors (Lipinski definition) is 3. The summed E-state index contributed by atoms with van der Waals surface area (Å²) in [6.07, 6.45) is 4.20. The second kappa shape index (κ2) is 6.32. The quantitative estimate of drug-likeness (QED) is 0.573. The molecular formula is C13H20N2O3S. The van der Waals surface area contributed by atoms with E-state index in [-0.39, 0.29) is 24.0 Å². The van der Waals surface area contributed by atoms with Crippen LogP contribution in [0.2, 0.25) is 0 Å². The monoisotopic (exact) mass is 284 g/mol. The molecule has 2 aliphatic rings. The van der Waals surface area contributed by atoms with Gasteiger partial charge in [0.2, 0.25) is 0 Å². The number of nitrogens with one attached hydrogen (secondary N) is 1. The van der Waals surface area contributed by atoms with Gasteiger partial charge in [0.1, 0.15) is 0 Å². The van der Waals surface area contributed by atoms with Crippen LogP contribution in [0.25, 0.3) is 0 Å². The summed E-state index contributed by atoms with van der Waals surface area (Å²) >= 11 is 1.72. The van der Waals surface area contributed by atoms with Gasteiger partial charge in [0.05, 0.1) is 5.92 Å². The third-order valence-corrected chi connectivity index (χ3v) is 4.81. The molecule has 0 spiro atoms. The van der Waals surface area contributed by atoms with Crippen LogP contribution in [0.5, 0.6) is 0 Å². The SMILES string of the molecule is C=CCSCCNC(=O)N1C2CCC1C(C(=O)O)C2. The zero-order valence-corrected chi connectivity index (χ0v) is 11.7. The van der Waals surface area contributed by atoms with Gasteiger partial charge in [0, 0.05) is 30.1 Å². The molecule has 2 fully saturated rings. The van der Waals surface area contributed by atoms with Crippen molar-refractivity contribution >= 4 is 23.8 Å². The van der Waals surface area contributed by atoms with E-state index < -0.39 is 5.97 Å². The Bertz CT molecular complexity index is 375. The van der Waals surface area contributed by atoms with Crippen LogP contribution in [-0.2, 0) is 4.79 Å². The van der Waals surface area contributed by atoms with E-state index in [1.165, 1.54) is 0 Å². The molecule has 0 aliphatic carbocycles. The molecule has 2 amide bonds. The van der Waals surface area contributed by atoms with Crippen molar-refractivity contribution in [1.29, 1.82) is 0 Å². The molecule has 6 heteroatoms. The molecule has 2 saturated heterocycles. The molecule has 0 aromatic carbocycles. The van der Waals surface area contributed by atoms with Gasteiger partial charge in [-0.1, -0.05) is 6.08 Å². The third-order valence-electron chi connectivity index (χ3n) is 3.85. The fourth-order valence-corrected chi connectivity index (χ4v) is 3.64. The smallest absolute Gasteiger partial charge is 0.317 e. The lowest BCUT2D eigenvalue weighted by Crippen LogP contribution is -2.44. The van der Waals surface area contributed by atoms with E-state index in [2.05, 4.69) is 11.9 Å². The van der Waals surface area contributed by atoms with Gasteiger partial charge < -0.3 is 15.3 Å². The van der Waals surface area contributed by atoms with Gasteiger partial charge in [-0.05, 0) is 19.3 Å². The highest BCUT2D eigenvalue weighted by Gasteiger charge is 2.51. The molecule has 0 aromatic heterocycles. The number of carbonyl (C=O) groups excluding carboxylic acids is 1. The fourth-order valence-electron chi connectivity index (χ4n) is 3.06. The molecule has 0 saturated carbocycles. The van der Waals surface area contributed by atoms with Crippen molar-refractivity contribution in [2.75, 3.05) is 18.1 Å². The largest absolute Gasteiger partial charge is 0.481 e. The zero-order valence-electron chi connectivity index (χ0n) is 10.9. The lowest BCUT2D eigenvalue weighted by Gasteiger charge is -2.23. The Morgan fingerprint density at radius 1 is 1.47 bits per heavy atom. The van der Waals surface area contributed by atoms with Crippen LogP contribution in [0.3, 0.4) is 0 Å². The molecule has 3 atom stereocenters. The van der Waals surface area contributed by atoms with E-state index in [0.717, 1.165) is 24.3 Å². The molecular weight excluding hydrogens is 264 g/mol. The average Bonchev–Trinajstić information content (AvgIpc) is 2.95. The molecule has 19 heavy (non-hydrogen) atoms. The number of nitrogens with zero attached hydrogens (tertiary/aromatic N) is 1. The van der Waals surface area contributed by atoms with Gasteiger partial charge in [0.15, 0.2) is 0 Å². The molecule has 106 valence electrons. The summed E-state index contributed by atoms with van der Waals surface area (Å²) in [6.45, 7) is 4.25. The summed E-state index contributed by atoms with van der Waals surface area (Å²) in [5.74, 6) is 0.584. The molecule has 3 unspecified atom stereocenters. The van der Waals surface area contributed by atoms with Crippen molar-refractivity contribution in [2.45, 2.75) is 31.3 Å². The predicted octanol–water partition coefficient (Wildman–Crippen LogP) is 1.55. The lowest BCUT2D eigenvalue weighted by atomic mass is 9.89. The van der Waals surface area contributed by atoms with E-state index in [4.69, 9.17) is 5.11 Å². The first-order chi connectivity index (χ1) is 9.15. The van der Waals surface area contributed by atoms with Gasteiger partial charge in [-0.25, -0.2) is 4.79 Å². The van der Waals surface area contributed by atoms with Crippen LogP contribution >= 0.6 is 11.8 Å². The van der Waals surface area contributed by atoms with Crippen LogP contribution in [0, 0.1) is 5.92 Å². The highest BCUT2D eigenvalue weighted by Crippen LogP contribution is 2.41. The number of fused-ring (bicyclic) bond motifs is 2. The number of carbonyl (C=O) groups is 2. The van der Waals surface area contributed by atoms with Crippen molar-refractivity contribution in [3.63, 3.8) is 0 Å². The number of carboxylic acids is 1. The Hall–Kier alpha value is -1.17. The fraction of sp³-hybridized carbons (Fsp3) is 0.692. The maximum absolute atomic E-state index is 12.1. The Kier molecular flexibility index (Phi) is 4.74. The topological polar surface area (TPSA) is 69.6 Å². The maximum atomic E-state index is 12.1. The normalized spacial score (nSPS) is 28.4. The first kappa shape index (κ1) is 14.2. The van der Waals surface area contributed by atoms with Crippen molar-refractivity contribution in [2.24, 2.45) is 5.92 Å². The third kappa shape index (κ3) is 3.05. The van der Waals surface area contributed by atoms with Crippen LogP contribution < -0.4 is 5.32 Å². The second-order valence-electron chi connectivity index (χ2n) is 4.98. The lowest BCUT2D eigenvalue weighted by molar-refractivity contribution is -0.142. The average molecular weight is 284 g/mol. The molecule has 2 aliphatic heterocycles. The van der Waals surface area contributed by atoms with E-state index in [0.29, 0.717) is 13.0 Å². The van der Waals surface area contributed by atoms with Crippen LogP contribution in [0.4, 0.5) is 4.79 Å². The van der Waals surface area contributed by atoms with Gasteiger partial charge >= 0.3 is 12.0 Å². The molecule has 2 N–H and O–H groups in total. The van der Waals surface area contributed by atoms with Gasteiger partial charge in [-0.2, -0.15) is 11.8 Å². The van der Waals surface area contributed by atoms with Crippen molar-refractivity contribution in [1.82, 2.24) is 10.2 Å². The van der Waals surface area contributed by atoms with Gasteiger partial charge in [0.25, 0.3) is 0 Å². The Balaban J connectivity index is 1.80. The second-order valence-corrected chi connectivity index (χ2v) is 6.13. The van der Waals surface area contributed by atoms with E-state index >= 15 is 0 Å². The first-order valence-corrected chi connectivity index (χ1v) is 7.78. The number of rotatable bonds is 6. The molecule has 2 rings (SSSR count). The highest BCUT2D eigenvalue weighted by molar-refractivity contribution is 7.99. The number of urea groups is 1. The number of aliphatic carboxylic acids is 1. The minimum absolute atomic E-state index is 0.101. The number of carboxylic acid groups (broad SMARTS) is 1. The van der Waals surface area contributed by atoms with E-state index in [9.17, 15) is 9.59 Å². The Morgan fingerprint density at radius 3 is 2.89 bits per heavy atom. The molecule has 0 radical (unpaired) electrons.